The summed E-state index contributed by atoms with van der Waals surface area (Å²) in [6.07, 6.45) is 0.393. The van der Waals surface area contributed by atoms with E-state index < -0.39 is 89.4 Å². The molecular weight excluding hydrogens is 728 g/mol. The van der Waals surface area contributed by atoms with Gasteiger partial charge < -0.3 is 40.2 Å². The van der Waals surface area contributed by atoms with Crippen LogP contribution in [0, 0.1) is 11.8 Å². The van der Waals surface area contributed by atoms with Crippen molar-refractivity contribution in [2.45, 2.75) is 134 Å². The molecule has 0 radical (unpaired) electrons. The summed E-state index contributed by atoms with van der Waals surface area (Å²) in [4.78, 5) is 94.4. The predicted molar refractivity (Wildman–Crippen MR) is 199 cm³/mol. The summed E-state index contributed by atoms with van der Waals surface area (Å²) in [5, 5.41) is 11.6. The third kappa shape index (κ3) is 10.8. The molecule has 6 amide bonds. The Morgan fingerprint density at radius 1 is 0.643 bits per heavy atom. The molecule has 4 aliphatic rings. The van der Waals surface area contributed by atoms with Crippen LogP contribution < -0.4 is 21.3 Å². The molecule has 4 fully saturated rings. The Balaban J connectivity index is 1.16. The molecule has 5 rings (SSSR count). The minimum absolute atomic E-state index is 0.0223. The van der Waals surface area contributed by atoms with E-state index in [-0.39, 0.29) is 44.4 Å². The van der Waals surface area contributed by atoms with Crippen molar-refractivity contribution >= 4 is 42.0 Å². The Morgan fingerprint density at radius 3 is 1.59 bits per heavy atom. The van der Waals surface area contributed by atoms with Crippen molar-refractivity contribution in [3.05, 3.63) is 35.9 Å². The Morgan fingerprint density at radius 2 is 1.12 bits per heavy atom. The SMILES string of the molecule is COC(=O)[C@@H]1C[C@@H](NC(=O)[C@H]2CC[C@@H]2NC(=O)[C@@H]2C[C@@H](NC(=O)[C@H]3CC[C@@H]3NC(=O)OCc3ccccc3)CN2C(=O)OC(C)(C)C)CN1C(=O)OC(C)(C)C. The molecule has 17 heteroatoms. The maximum Gasteiger partial charge on any atom is 0.411 e. The highest BCUT2D eigenvalue weighted by molar-refractivity contribution is 5.89. The summed E-state index contributed by atoms with van der Waals surface area (Å²) in [6, 6.07) is 5.25. The predicted octanol–water partition coefficient (Wildman–Crippen LogP) is 2.75. The van der Waals surface area contributed by atoms with Gasteiger partial charge >= 0.3 is 24.2 Å². The van der Waals surface area contributed by atoms with Gasteiger partial charge in [0.2, 0.25) is 17.7 Å². The smallest absolute Gasteiger partial charge is 0.411 e. The Kier molecular flexibility index (Phi) is 13.0. The van der Waals surface area contributed by atoms with E-state index in [1.54, 1.807) is 41.5 Å². The number of rotatable bonds is 10. The first-order valence-corrected chi connectivity index (χ1v) is 19.3. The highest BCUT2D eigenvalue weighted by Crippen LogP contribution is 2.32. The first kappa shape index (κ1) is 42.1. The van der Waals surface area contributed by atoms with E-state index in [1.807, 2.05) is 30.3 Å². The summed E-state index contributed by atoms with van der Waals surface area (Å²) in [5.41, 5.74) is -0.802. The number of ether oxygens (including phenoxy) is 4. The van der Waals surface area contributed by atoms with Crippen LogP contribution >= 0.6 is 0 Å². The van der Waals surface area contributed by atoms with Gasteiger partial charge in [-0.1, -0.05) is 30.3 Å². The van der Waals surface area contributed by atoms with Gasteiger partial charge in [0, 0.05) is 43.7 Å². The molecule has 2 saturated carbocycles. The summed E-state index contributed by atoms with van der Waals surface area (Å²) in [7, 11) is 1.23. The molecule has 0 aromatic heterocycles. The molecule has 56 heavy (non-hydrogen) atoms. The molecule has 0 bridgehead atoms. The van der Waals surface area contributed by atoms with Crippen LogP contribution in [0.5, 0.6) is 0 Å². The molecule has 0 unspecified atom stereocenters. The van der Waals surface area contributed by atoms with Crippen LogP contribution in [0.15, 0.2) is 30.3 Å². The number of nitrogens with zero attached hydrogens (tertiary/aromatic N) is 2. The monoisotopic (exact) mass is 784 g/mol. The average Bonchev–Trinajstić information content (AvgIpc) is 3.71. The Labute approximate surface area is 327 Å². The first-order valence-electron chi connectivity index (χ1n) is 19.3. The van der Waals surface area contributed by atoms with Crippen LogP contribution in [0.2, 0.25) is 0 Å². The molecule has 1 aromatic rings. The zero-order chi connectivity index (χ0) is 40.9. The molecule has 0 spiro atoms. The van der Waals surface area contributed by atoms with Crippen molar-refractivity contribution in [2.24, 2.45) is 11.8 Å². The van der Waals surface area contributed by atoms with Crippen LogP contribution in [0.25, 0.3) is 0 Å². The zero-order valence-corrected chi connectivity index (χ0v) is 33.3. The van der Waals surface area contributed by atoms with E-state index in [0.717, 1.165) is 5.56 Å². The highest BCUT2D eigenvalue weighted by atomic mass is 16.6. The van der Waals surface area contributed by atoms with Gasteiger partial charge in [-0.05, 0) is 79.2 Å². The number of carbonyl (C=O) groups excluding carboxylic acids is 7. The Bertz CT molecular complexity index is 1640. The van der Waals surface area contributed by atoms with Crippen molar-refractivity contribution in [1.82, 2.24) is 31.1 Å². The number of nitrogens with one attached hydrogen (secondary N) is 4. The van der Waals surface area contributed by atoms with Gasteiger partial charge in [-0.15, -0.1) is 0 Å². The molecule has 2 aliphatic carbocycles. The van der Waals surface area contributed by atoms with Gasteiger partial charge in [0.25, 0.3) is 0 Å². The van der Waals surface area contributed by atoms with E-state index in [2.05, 4.69) is 21.3 Å². The number of hydrogen-bond donors (Lipinski definition) is 4. The van der Waals surface area contributed by atoms with Crippen LogP contribution in [0.4, 0.5) is 14.4 Å². The normalized spacial score (nSPS) is 27.1. The third-order valence-electron chi connectivity index (χ3n) is 10.4. The second-order valence-electron chi connectivity index (χ2n) is 17.0. The maximum absolute atomic E-state index is 13.8. The highest BCUT2D eigenvalue weighted by Gasteiger charge is 2.48. The minimum Gasteiger partial charge on any atom is -0.467 e. The third-order valence-corrected chi connectivity index (χ3v) is 10.4. The standard InChI is InChI=1S/C39H56N6O11/c1-38(2,3)55-36(51)44-19-23(40-32(47)26-14-16-28(26)43-35(50)54-21-22-11-9-8-10-12-22)17-29(44)33(48)42-27-15-13-25(27)31(46)41-24-18-30(34(49)53-7)45(20-24)37(52)56-39(4,5)6/h8-12,23-30H,13-21H2,1-7H3,(H,40,47)(H,41,46)(H,42,48)(H,43,50)/t23-,24-,25+,26+,27+,28+,29+,30+/m1/s1. The lowest BCUT2D eigenvalue weighted by molar-refractivity contribution is -0.145. The van der Waals surface area contributed by atoms with Gasteiger partial charge in [-0.2, -0.15) is 0 Å². The summed E-state index contributed by atoms with van der Waals surface area (Å²) < 4.78 is 21.3. The lowest BCUT2D eigenvalue weighted by Crippen LogP contribution is -2.57. The van der Waals surface area contributed by atoms with Crippen LogP contribution in [-0.4, -0.2) is 119 Å². The lowest BCUT2D eigenvalue weighted by Gasteiger charge is -2.38. The zero-order valence-electron chi connectivity index (χ0n) is 33.3. The van der Waals surface area contributed by atoms with Gasteiger partial charge in [0.1, 0.15) is 29.9 Å². The molecular formula is C39H56N6O11. The fourth-order valence-electron chi connectivity index (χ4n) is 7.32. The largest absolute Gasteiger partial charge is 0.467 e. The van der Waals surface area contributed by atoms with Gasteiger partial charge in [-0.3, -0.25) is 24.2 Å². The fourth-order valence-corrected chi connectivity index (χ4v) is 7.32. The average molecular weight is 785 g/mol. The lowest BCUT2D eigenvalue weighted by atomic mass is 9.78. The Hall–Kier alpha value is -5.09. The second-order valence-corrected chi connectivity index (χ2v) is 17.0. The van der Waals surface area contributed by atoms with Gasteiger partial charge in [0.15, 0.2) is 0 Å². The van der Waals surface area contributed by atoms with Crippen molar-refractivity contribution < 1.29 is 52.5 Å². The van der Waals surface area contributed by atoms with Crippen LogP contribution in [-0.2, 0) is 44.7 Å². The number of methoxy groups -OCH3 is 1. The summed E-state index contributed by atoms with van der Waals surface area (Å²) in [6.45, 7) is 10.4. The second kappa shape index (κ2) is 17.4. The topological polar surface area (TPSA) is 211 Å². The van der Waals surface area contributed by atoms with E-state index in [9.17, 15) is 33.6 Å². The van der Waals surface area contributed by atoms with Crippen molar-refractivity contribution in [3.63, 3.8) is 0 Å². The number of likely N-dealkylation sites (tertiary alicyclic amines) is 2. The maximum atomic E-state index is 13.8. The molecule has 2 aliphatic heterocycles. The van der Waals surface area contributed by atoms with Gasteiger partial charge in [0.05, 0.1) is 18.9 Å². The molecule has 308 valence electrons. The number of esters is 1. The molecule has 17 nitrogen and oxygen atoms in total. The summed E-state index contributed by atoms with van der Waals surface area (Å²) in [5.74, 6) is -2.83. The number of amides is 6. The first-order chi connectivity index (χ1) is 26.3. The molecule has 2 saturated heterocycles. The number of alkyl carbamates (subject to hydrolysis) is 1. The van der Waals surface area contributed by atoms with E-state index in [0.29, 0.717) is 25.7 Å². The van der Waals surface area contributed by atoms with Crippen molar-refractivity contribution in [2.75, 3.05) is 20.2 Å². The number of carbonyl (C=O) groups is 7. The van der Waals surface area contributed by atoms with Crippen LogP contribution in [0.1, 0.15) is 85.6 Å². The van der Waals surface area contributed by atoms with Gasteiger partial charge in [-0.25, -0.2) is 19.2 Å². The minimum atomic E-state index is -0.985. The number of benzene rings is 1. The molecule has 8 atom stereocenters. The van der Waals surface area contributed by atoms with Crippen molar-refractivity contribution in [3.8, 4) is 0 Å². The van der Waals surface area contributed by atoms with Crippen LogP contribution in [0.3, 0.4) is 0 Å². The van der Waals surface area contributed by atoms with E-state index in [1.165, 1.54) is 16.9 Å². The fraction of sp³-hybridized carbons (Fsp3) is 0.667. The molecule has 4 N–H and O–H groups in total. The van der Waals surface area contributed by atoms with Crippen molar-refractivity contribution in [1.29, 1.82) is 0 Å². The quantitative estimate of drug-likeness (QED) is 0.200. The van der Waals surface area contributed by atoms with E-state index >= 15 is 0 Å². The molecule has 2 heterocycles. The summed E-state index contributed by atoms with van der Waals surface area (Å²) >= 11 is 0. The molecule has 1 aromatic carbocycles. The number of hydrogen-bond acceptors (Lipinski definition) is 11. The van der Waals surface area contributed by atoms with E-state index in [4.69, 9.17) is 18.9 Å².